The topological polar surface area (TPSA) is 161 Å². The van der Waals surface area contributed by atoms with Gasteiger partial charge in [-0.2, -0.15) is 10.2 Å². The number of aliphatic hydroxyl groups excluding tert-OH is 1. The number of hydrogen-bond donors (Lipinski definition) is 4. The molecule has 4 saturated heterocycles. The Morgan fingerprint density at radius 1 is 0.758 bits per heavy atom. The maximum Gasteiger partial charge on any atom is 0.322 e. The Hall–Kier alpha value is -4.95. The number of amides is 4. The van der Waals surface area contributed by atoms with E-state index in [2.05, 4.69) is 74.8 Å². The van der Waals surface area contributed by atoms with Crippen molar-refractivity contribution in [1.82, 2.24) is 44.3 Å². The van der Waals surface area contributed by atoms with Crippen LogP contribution in [-0.4, -0.2) is 102 Å². The Kier molecular flexibility index (Phi) is 18.3. The largest absolute Gasteiger partial charge is 0.391 e. The van der Waals surface area contributed by atoms with Crippen molar-refractivity contribution in [3.8, 4) is 0 Å². The normalized spacial score (nSPS) is 19.8. The maximum atomic E-state index is 13.6. The number of likely N-dealkylation sites (tertiary alicyclic amines) is 2. The van der Waals surface area contributed by atoms with Crippen LogP contribution in [0.2, 0.25) is 5.15 Å². The molecule has 0 spiro atoms. The van der Waals surface area contributed by atoms with Crippen LogP contribution in [0, 0.1) is 17.6 Å². The number of fused-ring (bicyclic) bond motifs is 2. The molecule has 4 N–H and O–H groups in total. The third kappa shape index (κ3) is 12.1. The number of carbonyl (C=O) groups is 2. The predicted molar refractivity (Wildman–Crippen MR) is 264 cm³/mol. The van der Waals surface area contributed by atoms with Gasteiger partial charge in [-0.05, 0) is 98.5 Å². The molecular weight excluding hydrogens is 1000 g/mol. The van der Waals surface area contributed by atoms with Crippen LogP contribution in [0.1, 0.15) is 90.9 Å². The van der Waals surface area contributed by atoms with E-state index in [9.17, 15) is 23.5 Å². The number of aromatic nitrogens is 6. The minimum Gasteiger partial charge on any atom is -0.391 e. The molecule has 6 aromatic rings. The van der Waals surface area contributed by atoms with Gasteiger partial charge < -0.3 is 35.8 Å². The first kappa shape index (κ1) is 52.0. The summed E-state index contributed by atoms with van der Waals surface area (Å²) in [7, 11) is 0. The molecule has 2 aromatic carbocycles. The molecule has 15 nitrogen and oxygen atoms in total. The zero-order valence-corrected chi connectivity index (χ0v) is 38.3. The third-order valence-corrected chi connectivity index (χ3v) is 13.2. The third-order valence-electron chi connectivity index (χ3n) is 11.6. The summed E-state index contributed by atoms with van der Waals surface area (Å²) in [5, 5.41) is 27.2. The zero-order chi connectivity index (χ0) is 44.2. The molecule has 4 aromatic heterocycles. The van der Waals surface area contributed by atoms with E-state index in [-0.39, 0.29) is 52.0 Å². The van der Waals surface area contributed by atoms with E-state index in [0.29, 0.717) is 59.3 Å². The van der Waals surface area contributed by atoms with Gasteiger partial charge in [-0.25, -0.2) is 37.4 Å². The number of β-amino-alcohol motifs (C(OH)–C–C–N with tert-alkyl or cyclic N) is 1. The van der Waals surface area contributed by atoms with Gasteiger partial charge in [0.15, 0.2) is 11.3 Å². The first-order valence-corrected chi connectivity index (χ1v) is 22.9. The average Bonchev–Trinajstić information content (AvgIpc) is 4.13. The molecule has 356 valence electrons. The predicted octanol–water partition coefficient (Wildman–Crippen LogP) is 10.7. The molecule has 20 heteroatoms. The lowest BCUT2D eigenvalue weighted by Crippen LogP contribution is -2.33. The smallest absolute Gasteiger partial charge is 0.322 e. The Morgan fingerprint density at radius 3 is 1.91 bits per heavy atom. The second kappa shape index (κ2) is 23.2. The van der Waals surface area contributed by atoms with E-state index >= 15 is 0 Å². The van der Waals surface area contributed by atoms with E-state index in [1.54, 1.807) is 27.9 Å². The summed E-state index contributed by atoms with van der Waals surface area (Å²) in [6.07, 6.45) is 12.2. The Morgan fingerprint density at radius 2 is 1.35 bits per heavy atom. The molecule has 4 amide bonds. The number of benzene rings is 2. The molecule has 10 rings (SSSR count). The summed E-state index contributed by atoms with van der Waals surface area (Å²) in [4.78, 5) is 39.2. The van der Waals surface area contributed by atoms with Gasteiger partial charge in [0.1, 0.15) is 34.0 Å². The SMILES string of the molecule is C.C.C.C[C@H]1CCN(C(=O)Nc2cnn3ccc(N4CCCC4c4ccc(F)cc4Br)nc23)C1.Fc1ccc(C2CCCN2)c(Br)c1.O=C(Nc1cnn2ccc(Cl)nc12)N1CC[C@H](O)C1. The van der Waals surface area contributed by atoms with Crippen LogP contribution in [-0.2, 0) is 0 Å². The number of anilines is 3. The van der Waals surface area contributed by atoms with Crippen molar-refractivity contribution in [2.24, 2.45) is 5.92 Å². The minimum atomic E-state index is -0.442. The van der Waals surface area contributed by atoms with Crippen LogP contribution in [0.3, 0.4) is 0 Å². The first-order chi connectivity index (χ1) is 30.4. The highest BCUT2D eigenvalue weighted by Crippen LogP contribution is 2.39. The quantitative estimate of drug-likeness (QED) is 0.123. The van der Waals surface area contributed by atoms with Crippen molar-refractivity contribution in [3.63, 3.8) is 0 Å². The van der Waals surface area contributed by atoms with Gasteiger partial charge in [0.2, 0.25) is 0 Å². The fourth-order valence-electron chi connectivity index (χ4n) is 8.35. The fraction of sp³-hybridized carbons (Fsp3) is 0.435. The lowest BCUT2D eigenvalue weighted by Gasteiger charge is -2.27. The van der Waals surface area contributed by atoms with Gasteiger partial charge in [0.05, 0.1) is 24.5 Å². The molecular formula is C46H59Br2ClF2N12O3. The standard InChI is InChI=1S/C22H24BrFN6O.C11H12ClN5O2.C10H11BrFN.3CH4/c1-14-6-9-28(13-14)22(31)26-18-12-25-30-10-7-20(27-21(18)30)29-8-2-3-19(29)16-5-4-15(24)11-17(16)23;12-9-2-4-17-10(15-9)8(5-13-17)14-11(19)16-3-1-7(18)6-16;11-9-6-7(12)3-4-8(9)10-2-1-5-13-10;;;/h4-5,7,10-12,14,19H,2-3,6,8-9,13H2,1H3,(H,26,31);2,4-5,7,18H,1,3,6H2,(H,14,19);3-4,6,10,13H,1-2,5H2;3*1H4/t14-,19?;7-;;;;/m00..../s1. The van der Waals surface area contributed by atoms with E-state index in [1.807, 2.05) is 29.3 Å². The van der Waals surface area contributed by atoms with Crippen molar-refractivity contribution in [3.05, 3.63) is 110 Å². The molecule has 4 aliphatic rings. The van der Waals surface area contributed by atoms with Crippen molar-refractivity contribution < 1.29 is 23.5 Å². The molecule has 0 aliphatic carbocycles. The molecule has 8 heterocycles. The molecule has 4 atom stereocenters. The highest BCUT2D eigenvalue weighted by Gasteiger charge is 2.30. The van der Waals surface area contributed by atoms with Crippen LogP contribution in [0.4, 0.5) is 35.6 Å². The van der Waals surface area contributed by atoms with Crippen LogP contribution in [0.25, 0.3) is 11.3 Å². The maximum absolute atomic E-state index is 13.6. The van der Waals surface area contributed by atoms with Crippen LogP contribution >= 0.6 is 43.5 Å². The summed E-state index contributed by atoms with van der Waals surface area (Å²) in [5.74, 6) is 0.898. The number of carbonyl (C=O) groups excluding carboxylic acids is 2. The summed E-state index contributed by atoms with van der Waals surface area (Å²) in [6.45, 7) is 6.51. The number of halogens is 5. The van der Waals surface area contributed by atoms with Crippen LogP contribution < -0.4 is 20.9 Å². The molecule has 66 heavy (non-hydrogen) atoms. The Balaban J connectivity index is 0.000000200. The van der Waals surface area contributed by atoms with E-state index in [0.717, 1.165) is 72.2 Å². The second-order valence-electron chi connectivity index (χ2n) is 16.1. The summed E-state index contributed by atoms with van der Waals surface area (Å²) in [6, 6.07) is 13.4. The monoisotopic (exact) mass is 1060 g/mol. The molecule has 0 radical (unpaired) electrons. The highest BCUT2D eigenvalue weighted by molar-refractivity contribution is 9.10. The number of urea groups is 2. The highest BCUT2D eigenvalue weighted by atomic mass is 79.9. The number of rotatable bonds is 5. The molecule has 2 unspecified atom stereocenters. The van der Waals surface area contributed by atoms with E-state index in [1.165, 1.54) is 47.0 Å². The summed E-state index contributed by atoms with van der Waals surface area (Å²) < 4.78 is 31.2. The van der Waals surface area contributed by atoms with Crippen LogP contribution in [0.15, 0.2) is 82.3 Å². The van der Waals surface area contributed by atoms with Gasteiger partial charge in [0.25, 0.3) is 0 Å². The van der Waals surface area contributed by atoms with Crippen molar-refractivity contribution in [2.45, 2.75) is 85.9 Å². The van der Waals surface area contributed by atoms with Gasteiger partial charge in [-0.15, -0.1) is 0 Å². The van der Waals surface area contributed by atoms with Gasteiger partial charge in [0, 0.05) is 60.1 Å². The van der Waals surface area contributed by atoms with E-state index < -0.39 is 6.10 Å². The Labute approximate surface area is 406 Å². The molecule has 4 aliphatic heterocycles. The number of aliphatic hydroxyl groups is 1. The molecule has 0 bridgehead atoms. The fourth-order valence-corrected chi connectivity index (χ4v) is 9.73. The van der Waals surface area contributed by atoms with Gasteiger partial charge in [-0.1, -0.05) is 84.8 Å². The lowest BCUT2D eigenvalue weighted by atomic mass is 10.0. The summed E-state index contributed by atoms with van der Waals surface area (Å²) in [5.41, 5.74) is 4.41. The summed E-state index contributed by atoms with van der Waals surface area (Å²) >= 11 is 12.7. The van der Waals surface area contributed by atoms with Crippen molar-refractivity contribution in [2.75, 3.05) is 54.8 Å². The molecule has 0 saturated carbocycles. The lowest BCUT2D eigenvalue weighted by molar-refractivity contribution is 0.176. The Bertz CT molecular complexity index is 2600. The van der Waals surface area contributed by atoms with Crippen LogP contribution in [0.5, 0.6) is 0 Å². The zero-order valence-electron chi connectivity index (χ0n) is 34.4. The van der Waals surface area contributed by atoms with Gasteiger partial charge in [-0.3, -0.25) is 0 Å². The van der Waals surface area contributed by atoms with Crippen molar-refractivity contribution in [1.29, 1.82) is 0 Å². The number of nitrogens with zero attached hydrogens (tertiary/aromatic N) is 9. The number of nitrogens with one attached hydrogen (secondary N) is 3. The van der Waals surface area contributed by atoms with E-state index in [4.69, 9.17) is 16.6 Å². The van der Waals surface area contributed by atoms with Crippen molar-refractivity contribution >= 4 is 84.0 Å². The number of hydrogen-bond acceptors (Lipinski definition) is 9. The minimum absolute atomic E-state index is 0. The molecule has 4 fully saturated rings. The second-order valence-corrected chi connectivity index (χ2v) is 18.2. The average molecular weight is 1060 g/mol. The van der Waals surface area contributed by atoms with Gasteiger partial charge >= 0.3 is 12.1 Å². The first-order valence-electron chi connectivity index (χ1n) is 20.9.